The second kappa shape index (κ2) is 6.05. The normalized spacial score (nSPS) is 11.6. The lowest BCUT2D eigenvalue weighted by Gasteiger charge is -2.19. The van der Waals surface area contributed by atoms with E-state index in [1.807, 2.05) is 24.3 Å². The van der Waals surface area contributed by atoms with Gasteiger partial charge in [-0.1, -0.05) is 19.1 Å². The zero-order valence-corrected chi connectivity index (χ0v) is 12.3. The van der Waals surface area contributed by atoms with Crippen LogP contribution in [0.1, 0.15) is 27.2 Å². The van der Waals surface area contributed by atoms with E-state index in [0.29, 0.717) is 12.5 Å². The molecule has 0 unspecified atom stereocenters. The van der Waals surface area contributed by atoms with Crippen LogP contribution in [0.5, 0.6) is 0 Å². The highest BCUT2D eigenvalue weighted by Gasteiger charge is 2.14. The monoisotopic (exact) mass is 274 g/mol. The third-order valence-corrected chi connectivity index (χ3v) is 2.82. The Balaban J connectivity index is 2.33. The molecule has 20 heavy (non-hydrogen) atoms. The Morgan fingerprint density at radius 2 is 1.90 bits per heavy atom. The number of rotatable bonds is 6. The number of para-hydroxylation sites is 1. The number of anilines is 2. The summed E-state index contributed by atoms with van der Waals surface area (Å²) in [6.07, 6.45) is 1.02. The smallest absolute Gasteiger partial charge is 0.225 e. The largest absolute Gasteiger partial charge is 0.389 e. The minimum absolute atomic E-state index is 0.432. The molecule has 0 saturated heterocycles. The van der Waals surface area contributed by atoms with Crippen molar-refractivity contribution < 1.29 is 5.11 Å². The highest BCUT2D eigenvalue weighted by Crippen LogP contribution is 2.22. The van der Waals surface area contributed by atoms with E-state index in [2.05, 4.69) is 27.5 Å². The first kappa shape index (κ1) is 14.5. The molecule has 0 amide bonds. The van der Waals surface area contributed by atoms with Gasteiger partial charge in [0.25, 0.3) is 0 Å². The van der Waals surface area contributed by atoms with Crippen LogP contribution in [0, 0.1) is 0 Å². The minimum Gasteiger partial charge on any atom is -0.389 e. The maximum absolute atomic E-state index is 9.84. The Hall–Kier alpha value is -1.88. The first-order valence-corrected chi connectivity index (χ1v) is 6.96. The van der Waals surface area contributed by atoms with Gasteiger partial charge in [0.05, 0.1) is 11.1 Å². The summed E-state index contributed by atoms with van der Waals surface area (Å²) in [7, 11) is 0. The number of benzene rings is 1. The van der Waals surface area contributed by atoms with Crippen LogP contribution in [-0.2, 0) is 0 Å². The van der Waals surface area contributed by atoms with Crippen molar-refractivity contribution in [2.75, 3.05) is 23.7 Å². The third kappa shape index (κ3) is 3.81. The molecule has 0 fully saturated rings. The molecular formula is C15H22N4O. The lowest BCUT2D eigenvalue weighted by atomic mass is 10.1. The summed E-state index contributed by atoms with van der Waals surface area (Å²) in [5, 5.41) is 17.2. The summed E-state index contributed by atoms with van der Waals surface area (Å²) in [5.41, 5.74) is 0.0997. The SMILES string of the molecule is CCCNc1nc(NCC(C)(C)O)c2ccccc2n1. The Morgan fingerprint density at radius 1 is 1.15 bits per heavy atom. The average Bonchev–Trinajstić information content (AvgIpc) is 2.41. The third-order valence-electron chi connectivity index (χ3n) is 2.82. The lowest BCUT2D eigenvalue weighted by molar-refractivity contribution is 0.0944. The number of fused-ring (bicyclic) bond motifs is 1. The molecule has 0 aliphatic heterocycles. The maximum Gasteiger partial charge on any atom is 0.225 e. The highest BCUT2D eigenvalue weighted by molar-refractivity contribution is 5.90. The molecule has 0 radical (unpaired) electrons. The van der Waals surface area contributed by atoms with E-state index < -0.39 is 5.60 Å². The first-order chi connectivity index (χ1) is 9.49. The summed E-state index contributed by atoms with van der Waals surface area (Å²) in [6.45, 7) is 6.89. The predicted molar refractivity (Wildman–Crippen MR) is 83.1 cm³/mol. The fraction of sp³-hybridized carbons (Fsp3) is 0.467. The van der Waals surface area contributed by atoms with Crippen LogP contribution >= 0.6 is 0 Å². The van der Waals surface area contributed by atoms with Crippen molar-refractivity contribution in [3.8, 4) is 0 Å². The van der Waals surface area contributed by atoms with Gasteiger partial charge in [-0.2, -0.15) is 4.98 Å². The molecular weight excluding hydrogens is 252 g/mol. The Labute approximate surface area is 119 Å². The lowest BCUT2D eigenvalue weighted by Crippen LogP contribution is -2.29. The van der Waals surface area contributed by atoms with Crippen molar-refractivity contribution in [3.05, 3.63) is 24.3 Å². The number of aromatic nitrogens is 2. The second-order valence-electron chi connectivity index (χ2n) is 5.51. The molecule has 0 bridgehead atoms. The van der Waals surface area contributed by atoms with Crippen molar-refractivity contribution in [2.24, 2.45) is 0 Å². The molecule has 3 N–H and O–H groups in total. The molecule has 2 rings (SSSR count). The minimum atomic E-state index is -0.789. The molecule has 1 aromatic carbocycles. The van der Waals surface area contributed by atoms with Crippen LogP contribution in [0.25, 0.3) is 10.9 Å². The fourth-order valence-corrected chi connectivity index (χ4v) is 1.83. The number of nitrogens with one attached hydrogen (secondary N) is 2. The number of hydrogen-bond donors (Lipinski definition) is 3. The van der Waals surface area contributed by atoms with Gasteiger partial charge in [-0.15, -0.1) is 0 Å². The zero-order valence-electron chi connectivity index (χ0n) is 12.3. The van der Waals surface area contributed by atoms with Crippen molar-refractivity contribution in [1.82, 2.24) is 9.97 Å². The van der Waals surface area contributed by atoms with Gasteiger partial charge in [-0.05, 0) is 32.4 Å². The van der Waals surface area contributed by atoms with Crippen molar-refractivity contribution in [3.63, 3.8) is 0 Å². The summed E-state index contributed by atoms with van der Waals surface area (Å²) in [5.74, 6) is 1.36. The van der Waals surface area contributed by atoms with Crippen LogP contribution in [0.15, 0.2) is 24.3 Å². The first-order valence-electron chi connectivity index (χ1n) is 6.96. The summed E-state index contributed by atoms with van der Waals surface area (Å²) in [6, 6.07) is 7.86. The van der Waals surface area contributed by atoms with Gasteiger partial charge in [0, 0.05) is 18.5 Å². The number of nitrogens with zero attached hydrogens (tertiary/aromatic N) is 2. The van der Waals surface area contributed by atoms with Crippen molar-refractivity contribution in [1.29, 1.82) is 0 Å². The van der Waals surface area contributed by atoms with Gasteiger partial charge in [-0.3, -0.25) is 0 Å². The maximum atomic E-state index is 9.84. The van der Waals surface area contributed by atoms with Gasteiger partial charge in [0.2, 0.25) is 5.95 Å². The molecule has 0 spiro atoms. The molecule has 1 aromatic heterocycles. The summed E-state index contributed by atoms with van der Waals surface area (Å²) >= 11 is 0. The molecule has 5 heteroatoms. The quantitative estimate of drug-likeness (QED) is 0.755. The average molecular weight is 274 g/mol. The van der Waals surface area contributed by atoms with E-state index in [9.17, 15) is 5.11 Å². The van der Waals surface area contributed by atoms with Gasteiger partial charge >= 0.3 is 0 Å². The molecule has 1 heterocycles. The van der Waals surface area contributed by atoms with E-state index in [-0.39, 0.29) is 0 Å². The number of hydrogen-bond acceptors (Lipinski definition) is 5. The van der Waals surface area contributed by atoms with E-state index in [1.165, 1.54) is 0 Å². The molecule has 108 valence electrons. The Morgan fingerprint density at radius 3 is 2.60 bits per heavy atom. The van der Waals surface area contributed by atoms with Crippen LogP contribution in [0.2, 0.25) is 0 Å². The van der Waals surface area contributed by atoms with Crippen molar-refractivity contribution in [2.45, 2.75) is 32.8 Å². The molecule has 0 aliphatic rings. The van der Waals surface area contributed by atoms with E-state index >= 15 is 0 Å². The van der Waals surface area contributed by atoms with Crippen LogP contribution in [-0.4, -0.2) is 33.8 Å². The van der Waals surface area contributed by atoms with Crippen LogP contribution in [0.4, 0.5) is 11.8 Å². The van der Waals surface area contributed by atoms with Crippen LogP contribution < -0.4 is 10.6 Å². The Bertz CT molecular complexity index is 578. The van der Waals surface area contributed by atoms with E-state index in [1.54, 1.807) is 13.8 Å². The van der Waals surface area contributed by atoms with E-state index in [0.717, 1.165) is 29.7 Å². The predicted octanol–water partition coefficient (Wildman–Crippen LogP) is 2.63. The van der Waals surface area contributed by atoms with Gasteiger partial charge in [0.15, 0.2) is 0 Å². The summed E-state index contributed by atoms with van der Waals surface area (Å²) < 4.78 is 0. The topological polar surface area (TPSA) is 70.1 Å². The fourth-order valence-electron chi connectivity index (χ4n) is 1.83. The highest BCUT2D eigenvalue weighted by atomic mass is 16.3. The second-order valence-corrected chi connectivity index (χ2v) is 5.51. The zero-order chi connectivity index (χ0) is 14.6. The van der Waals surface area contributed by atoms with Gasteiger partial charge < -0.3 is 15.7 Å². The Kier molecular flexibility index (Phi) is 4.39. The molecule has 2 aromatic rings. The van der Waals surface area contributed by atoms with E-state index in [4.69, 9.17) is 0 Å². The molecule has 0 atom stereocenters. The molecule has 0 saturated carbocycles. The van der Waals surface area contributed by atoms with Crippen molar-refractivity contribution >= 4 is 22.7 Å². The standard InChI is InChI=1S/C15H22N4O/c1-4-9-16-14-18-12-8-6-5-7-11(12)13(19-14)17-10-15(2,3)20/h5-8,20H,4,9-10H2,1-3H3,(H2,16,17,18,19). The molecule has 0 aliphatic carbocycles. The van der Waals surface area contributed by atoms with Gasteiger partial charge in [0.1, 0.15) is 5.82 Å². The molecule has 5 nitrogen and oxygen atoms in total. The van der Waals surface area contributed by atoms with Gasteiger partial charge in [-0.25, -0.2) is 4.98 Å². The number of aliphatic hydroxyl groups is 1. The van der Waals surface area contributed by atoms with Crippen LogP contribution in [0.3, 0.4) is 0 Å². The summed E-state index contributed by atoms with van der Waals surface area (Å²) in [4.78, 5) is 8.99.